The number of nitrogens with zero attached hydrogens (tertiary/aromatic N) is 4. The van der Waals surface area contributed by atoms with Gasteiger partial charge in [0.05, 0.1) is 36.4 Å². The van der Waals surface area contributed by atoms with Crippen LogP contribution in [0.25, 0.3) is 0 Å². The molecular weight excluding hydrogens is 747 g/mol. The zero-order chi connectivity index (χ0) is 42.2. The molecule has 1 aromatic carbocycles. The molecule has 1 fully saturated rings. The standard InChI is InChI=1S/C43H69N5O8S/c1-11-27(3)38-41(53)48-20-12-13-34(48)42(54)56-35(43(5,6)7)22-26(2)21-31(49)24-37-44-30(25-57-37)16-19-36(50)45-33(23-29-14-17-32(55-10)18-15-29)40(52)46(8)28(4)39(51)47(38)9/h14-15,17-18,26-28,30-31,33-35,38,40,49,52H,11-13,16,19-25H2,1-10H3,(H,45,50)/t26-,27-,28-,30-,31-,33-,34-,35-,38-,40?/m0/s1. The Morgan fingerprint density at radius 3 is 2.35 bits per heavy atom. The first-order chi connectivity index (χ1) is 26.8. The van der Waals surface area contributed by atoms with Gasteiger partial charge in [-0.1, -0.05) is 60.1 Å². The molecule has 0 radical (unpaired) electrons. The monoisotopic (exact) mass is 815 g/mol. The molecule has 3 aliphatic heterocycles. The molecule has 0 aliphatic carbocycles. The number of aliphatic hydroxyl groups excluding tert-OH is 2. The number of hydrogen-bond donors (Lipinski definition) is 3. The normalized spacial score (nSPS) is 31.8. The van der Waals surface area contributed by atoms with Gasteiger partial charge in [0.2, 0.25) is 17.7 Å². The summed E-state index contributed by atoms with van der Waals surface area (Å²) in [6, 6.07) is 4.04. The first-order valence-corrected chi connectivity index (χ1v) is 21.8. The average molecular weight is 816 g/mol. The summed E-state index contributed by atoms with van der Waals surface area (Å²) >= 11 is 1.61. The Hall–Kier alpha value is -3.20. The Morgan fingerprint density at radius 1 is 1.04 bits per heavy atom. The summed E-state index contributed by atoms with van der Waals surface area (Å²) in [5, 5.41) is 26.9. The summed E-state index contributed by atoms with van der Waals surface area (Å²) in [6.07, 6.45) is 1.84. The fraction of sp³-hybridized carbons (Fsp3) is 0.744. The van der Waals surface area contributed by atoms with Crippen molar-refractivity contribution in [3.63, 3.8) is 0 Å². The van der Waals surface area contributed by atoms with Gasteiger partial charge >= 0.3 is 5.97 Å². The maximum absolute atomic E-state index is 14.5. The predicted octanol–water partition coefficient (Wildman–Crippen LogP) is 4.66. The van der Waals surface area contributed by atoms with E-state index in [0.717, 1.165) is 16.4 Å². The Balaban J connectivity index is 1.67. The number of thioether (sulfide) groups is 1. The fourth-order valence-corrected chi connectivity index (χ4v) is 9.30. The third-order valence-corrected chi connectivity index (χ3v) is 13.3. The second-order valence-corrected chi connectivity index (χ2v) is 18.8. The van der Waals surface area contributed by atoms with Gasteiger partial charge in [-0.15, -0.1) is 11.8 Å². The van der Waals surface area contributed by atoms with E-state index in [1.54, 1.807) is 44.8 Å². The van der Waals surface area contributed by atoms with Crippen molar-refractivity contribution in [2.45, 2.75) is 155 Å². The summed E-state index contributed by atoms with van der Waals surface area (Å²) in [5.41, 5.74) is 0.473. The molecule has 320 valence electrons. The van der Waals surface area contributed by atoms with Gasteiger partial charge in [0.25, 0.3) is 0 Å². The molecule has 0 aromatic heterocycles. The van der Waals surface area contributed by atoms with E-state index in [2.05, 4.69) is 12.2 Å². The van der Waals surface area contributed by atoms with Crippen LogP contribution in [0.5, 0.6) is 5.75 Å². The maximum Gasteiger partial charge on any atom is 0.329 e. The largest absolute Gasteiger partial charge is 0.497 e. The van der Waals surface area contributed by atoms with Crippen molar-refractivity contribution < 1.29 is 38.9 Å². The number of esters is 1. The van der Waals surface area contributed by atoms with Crippen molar-refractivity contribution >= 4 is 40.5 Å². The third-order valence-electron chi connectivity index (χ3n) is 12.1. The van der Waals surface area contributed by atoms with E-state index in [4.69, 9.17) is 14.5 Å². The molecular formula is C43H69N5O8S. The number of methoxy groups -OCH3 is 1. The third kappa shape index (κ3) is 12.4. The van der Waals surface area contributed by atoms with Crippen LogP contribution in [0.15, 0.2) is 29.3 Å². The second kappa shape index (κ2) is 20.7. The number of aliphatic imine (C=N–C) groups is 1. The van der Waals surface area contributed by atoms with Gasteiger partial charge in [-0.2, -0.15) is 0 Å². The highest BCUT2D eigenvalue weighted by atomic mass is 32.2. The number of ether oxygens (including phenoxy) is 2. The van der Waals surface area contributed by atoms with Gasteiger partial charge in [0.15, 0.2) is 0 Å². The number of cyclic esters (lactones) is 1. The molecule has 4 rings (SSSR count). The minimum Gasteiger partial charge on any atom is -0.497 e. The molecule has 57 heavy (non-hydrogen) atoms. The van der Waals surface area contributed by atoms with E-state index in [-0.39, 0.29) is 53.9 Å². The van der Waals surface area contributed by atoms with Gasteiger partial charge in [-0.3, -0.25) is 24.3 Å². The highest BCUT2D eigenvalue weighted by Crippen LogP contribution is 2.33. The van der Waals surface area contributed by atoms with Crippen LogP contribution in [-0.2, 0) is 30.3 Å². The minimum absolute atomic E-state index is 0.0371. The van der Waals surface area contributed by atoms with Crippen LogP contribution in [-0.4, -0.2) is 136 Å². The number of rotatable bonds is 5. The van der Waals surface area contributed by atoms with Gasteiger partial charge in [0.1, 0.15) is 30.2 Å². The second-order valence-electron chi connectivity index (χ2n) is 17.7. The highest BCUT2D eigenvalue weighted by Gasteiger charge is 2.44. The van der Waals surface area contributed by atoms with Crippen molar-refractivity contribution in [3.05, 3.63) is 29.8 Å². The highest BCUT2D eigenvalue weighted by molar-refractivity contribution is 8.14. The van der Waals surface area contributed by atoms with Gasteiger partial charge in [-0.25, -0.2) is 4.79 Å². The minimum atomic E-state index is -1.26. The topological polar surface area (TPSA) is 161 Å². The van der Waals surface area contributed by atoms with Crippen LogP contribution in [0, 0.1) is 17.3 Å². The molecule has 0 saturated carbocycles. The van der Waals surface area contributed by atoms with E-state index in [1.807, 2.05) is 58.9 Å². The molecule has 0 spiro atoms. The molecule has 2 bridgehead atoms. The molecule has 3 heterocycles. The summed E-state index contributed by atoms with van der Waals surface area (Å²) in [6.45, 7) is 14.1. The summed E-state index contributed by atoms with van der Waals surface area (Å²) in [5.74, 6) is -0.148. The lowest BCUT2D eigenvalue weighted by molar-refractivity contribution is -0.166. The zero-order valence-electron chi connectivity index (χ0n) is 35.9. The fourth-order valence-electron chi connectivity index (χ4n) is 8.14. The lowest BCUT2D eigenvalue weighted by atomic mass is 9.82. The van der Waals surface area contributed by atoms with E-state index in [9.17, 15) is 29.4 Å². The number of likely N-dealkylation sites (N-methyl/N-ethyl adjacent to an activating group) is 2. The number of hydrogen-bond acceptors (Lipinski definition) is 11. The van der Waals surface area contributed by atoms with E-state index in [1.165, 1.54) is 9.80 Å². The van der Waals surface area contributed by atoms with E-state index < -0.39 is 48.6 Å². The molecule has 10 atom stereocenters. The van der Waals surface area contributed by atoms with Crippen LogP contribution in [0.4, 0.5) is 0 Å². The molecule has 3 aliphatic rings. The Morgan fingerprint density at radius 2 is 1.72 bits per heavy atom. The molecule has 3 amide bonds. The molecule has 1 unspecified atom stereocenters. The molecule has 1 saturated heterocycles. The van der Waals surface area contributed by atoms with E-state index >= 15 is 0 Å². The van der Waals surface area contributed by atoms with Crippen molar-refractivity contribution in [2.24, 2.45) is 22.2 Å². The van der Waals surface area contributed by atoms with Crippen molar-refractivity contribution in [2.75, 3.05) is 33.5 Å². The number of fused-ring (bicyclic) bond motifs is 2. The number of carbonyl (C=O) groups excluding carboxylic acids is 4. The first-order valence-electron chi connectivity index (χ1n) is 20.8. The summed E-state index contributed by atoms with van der Waals surface area (Å²) < 4.78 is 11.6. The van der Waals surface area contributed by atoms with Crippen LogP contribution < -0.4 is 10.1 Å². The van der Waals surface area contributed by atoms with E-state index in [0.29, 0.717) is 57.2 Å². The number of amides is 3. The summed E-state index contributed by atoms with van der Waals surface area (Å²) in [7, 11) is 4.84. The van der Waals surface area contributed by atoms with Crippen LogP contribution in [0.1, 0.15) is 105 Å². The first kappa shape index (κ1) is 46.5. The van der Waals surface area contributed by atoms with Crippen LogP contribution in [0.3, 0.4) is 0 Å². The summed E-state index contributed by atoms with van der Waals surface area (Å²) in [4.78, 5) is 65.8. The van der Waals surface area contributed by atoms with Crippen LogP contribution in [0.2, 0.25) is 0 Å². The number of nitrogens with one attached hydrogen (secondary N) is 1. The van der Waals surface area contributed by atoms with Crippen molar-refractivity contribution in [1.29, 1.82) is 0 Å². The Labute approximate surface area is 344 Å². The SMILES string of the molecule is CC[C@H](C)[C@H]1C(=O)N2CCC[C@H]2C(=O)O[C@H](C(C)(C)C)C[C@@H](C)C[C@H](O)CC2=N[C@@H](CCC(=O)N[C@@H](Cc3ccc(OC)cc3)C(O)N(C)[C@@H](C)C(=O)N1C)CS2. The Kier molecular flexibility index (Phi) is 16.9. The van der Waals surface area contributed by atoms with Gasteiger partial charge in [-0.05, 0) is 87.4 Å². The Bertz CT molecular complexity index is 1550. The smallest absolute Gasteiger partial charge is 0.329 e. The molecule has 13 nitrogen and oxygen atoms in total. The quantitative estimate of drug-likeness (QED) is 0.357. The van der Waals surface area contributed by atoms with Crippen LogP contribution >= 0.6 is 11.8 Å². The van der Waals surface area contributed by atoms with Gasteiger partial charge in [0, 0.05) is 32.2 Å². The molecule has 1 aromatic rings. The zero-order valence-corrected chi connectivity index (χ0v) is 36.7. The molecule has 14 heteroatoms. The van der Waals surface area contributed by atoms with Gasteiger partial charge < -0.3 is 34.8 Å². The number of carbonyl (C=O) groups is 4. The number of aliphatic hydroxyl groups is 2. The molecule has 3 N–H and O–H groups in total. The maximum atomic E-state index is 14.5. The lowest BCUT2D eigenvalue weighted by Crippen LogP contribution is -2.60. The predicted molar refractivity (Wildman–Crippen MR) is 224 cm³/mol. The number of benzene rings is 1. The lowest BCUT2D eigenvalue weighted by Gasteiger charge is -2.40. The average Bonchev–Trinajstić information content (AvgIpc) is 3.85. The van der Waals surface area contributed by atoms with Crippen molar-refractivity contribution in [3.8, 4) is 5.75 Å². The van der Waals surface area contributed by atoms with Crippen molar-refractivity contribution in [1.82, 2.24) is 20.0 Å².